The van der Waals surface area contributed by atoms with Crippen molar-refractivity contribution in [3.8, 4) is 0 Å². The molecule has 1 aliphatic heterocycles. The number of carbonyl (C=O) groups is 2. The molecule has 1 saturated heterocycles. The van der Waals surface area contributed by atoms with Gasteiger partial charge in [0.1, 0.15) is 0 Å². The Kier molecular flexibility index (Phi) is 4.00. The summed E-state index contributed by atoms with van der Waals surface area (Å²) in [5.41, 5.74) is 1.05. The molecule has 1 fully saturated rings. The molecule has 1 amide bonds. The second kappa shape index (κ2) is 6.08. The van der Waals surface area contributed by atoms with Gasteiger partial charge in [-0.25, -0.2) is 0 Å². The Bertz CT molecular complexity index is 670. The molecule has 0 radical (unpaired) electrons. The fraction of sp³-hybridized carbons (Fsp3) is 0.333. The summed E-state index contributed by atoms with van der Waals surface area (Å²) < 4.78 is 0. The van der Waals surface area contributed by atoms with Gasteiger partial charge in [0.15, 0.2) is 6.29 Å². The van der Waals surface area contributed by atoms with Gasteiger partial charge in [-0.15, -0.1) is 0 Å². The molecule has 0 spiro atoms. The highest BCUT2D eigenvalue weighted by molar-refractivity contribution is 6.09. The van der Waals surface area contributed by atoms with E-state index in [-0.39, 0.29) is 5.91 Å². The van der Waals surface area contributed by atoms with E-state index in [1.165, 1.54) is 12.8 Å². The molecule has 0 saturated carbocycles. The van der Waals surface area contributed by atoms with Crippen LogP contribution in [0.3, 0.4) is 0 Å². The third-order valence-electron chi connectivity index (χ3n) is 4.21. The van der Waals surface area contributed by atoms with Crippen LogP contribution in [-0.2, 0) is 0 Å². The van der Waals surface area contributed by atoms with Gasteiger partial charge in [-0.3, -0.25) is 9.59 Å². The maximum Gasteiger partial charge on any atom is 0.254 e. The molecule has 3 heteroatoms. The molecule has 0 unspecified atom stereocenters. The summed E-state index contributed by atoms with van der Waals surface area (Å²) in [6, 6.07) is 11.4. The standard InChI is InChI=1S/C18H19NO2/c20-13-17-15-8-4-3-7-14(15)9-10-16(17)18(21)19-11-5-1-2-6-12-19/h3-4,7-10,13H,1-2,5-6,11-12H2. The molecule has 2 aromatic rings. The summed E-state index contributed by atoms with van der Waals surface area (Å²) in [5, 5.41) is 1.85. The van der Waals surface area contributed by atoms with Gasteiger partial charge in [0.05, 0.1) is 5.56 Å². The molecule has 0 N–H and O–H groups in total. The highest BCUT2D eigenvalue weighted by Crippen LogP contribution is 2.23. The van der Waals surface area contributed by atoms with E-state index >= 15 is 0 Å². The number of aldehydes is 1. The Morgan fingerprint density at radius 3 is 2.38 bits per heavy atom. The lowest BCUT2D eigenvalue weighted by Gasteiger charge is -2.21. The fourth-order valence-electron chi connectivity index (χ4n) is 3.05. The van der Waals surface area contributed by atoms with E-state index < -0.39 is 0 Å². The number of fused-ring (bicyclic) bond motifs is 1. The first kappa shape index (κ1) is 13.8. The van der Waals surface area contributed by atoms with Gasteiger partial charge in [-0.05, 0) is 29.7 Å². The van der Waals surface area contributed by atoms with Crippen molar-refractivity contribution in [1.29, 1.82) is 0 Å². The smallest absolute Gasteiger partial charge is 0.254 e. The van der Waals surface area contributed by atoms with Crippen molar-refractivity contribution in [3.63, 3.8) is 0 Å². The zero-order chi connectivity index (χ0) is 14.7. The maximum atomic E-state index is 12.7. The first-order chi connectivity index (χ1) is 10.3. The Balaban J connectivity index is 2.02. The second-order valence-corrected chi connectivity index (χ2v) is 5.57. The molecule has 3 rings (SSSR count). The summed E-state index contributed by atoms with van der Waals surface area (Å²) in [4.78, 5) is 26.2. The van der Waals surface area contributed by atoms with Crippen LogP contribution in [0.25, 0.3) is 10.8 Å². The molecule has 0 bridgehead atoms. The first-order valence-corrected chi connectivity index (χ1v) is 7.57. The maximum absolute atomic E-state index is 12.7. The quantitative estimate of drug-likeness (QED) is 0.788. The lowest BCUT2D eigenvalue weighted by molar-refractivity contribution is 0.0759. The van der Waals surface area contributed by atoms with Crippen LogP contribution >= 0.6 is 0 Å². The average Bonchev–Trinajstić information content (AvgIpc) is 2.82. The molecule has 3 nitrogen and oxygen atoms in total. The fourth-order valence-corrected chi connectivity index (χ4v) is 3.05. The molecular formula is C18H19NO2. The summed E-state index contributed by atoms with van der Waals surface area (Å²) in [6.45, 7) is 1.59. The predicted octanol–water partition coefficient (Wildman–Crippen LogP) is 3.67. The van der Waals surface area contributed by atoms with Crippen LogP contribution < -0.4 is 0 Å². The summed E-state index contributed by atoms with van der Waals surface area (Å²) in [6.07, 6.45) is 5.28. The number of likely N-dealkylation sites (tertiary alicyclic amines) is 1. The van der Waals surface area contributed by atoms with Crippen LogP contribution in [0.4, 0.5) is 0 Å². The third kappa shape index (κ3) is 2.68. The number of carbonyl (C=O) groups excluding carboxylic acids is 2. The van der Waals surface area contributed by atoms with Crippen LogP contribution in [0, 0.1) is 0 Å². The molecule has 21 heavy (non-hydrogen) atoms. The number of benzene rings is 2. The summed E-state index contributed by atoms with van der Waals surface area (Å²) in [7, 11) is 0. The van der Waals surface area contributed by atoms with Gasteiger partial charge in [-0.1, -0.05) is 43.2 Å². The van der Waals surface area contributed by atoms with Crippen molar-refractivity contribution < 1.29 is 9.59 Å². The molecule has 1 heterocycles. The Hall–Kier alpha value is -2.16. The number of rotatable bonds is 2. The summed E-state index contributed by atoms with van der Waals surface area (Å²) >= 11 is 0. The lowest BCUT2D eigenvalue weighted by Crippen LogP contribution is -2.32. The van der Waals surface area contributed by atoms with E-state index in [1.54, 1.807) is 6.07 Å². The highest BCUT2D eigenvalue weighted by atomic mass is 16.2. The number of amides is 1. The van der Waals surface area contributed by atoms with Crippen molar-refractivity contribution in [2.24, 2.45) is 0 Å². The second-order valence-electron chi connectivity index (χ2n) is 5.57. The molecular weight excluding hydrogens is 262 g/mol. The van der Waals surface area contributed by atoms with Gasteiger partial charge in [0.2, 0.25) is 0 Å². The molecule has 0 aliphatic carbocycles. The van der Waals surface area contributed by atoms with Gasteiger partial charge in [0.25, 0.3) is 5.91 Å². The minimum absolute atomic E-state index is 0.00949. The highest BCUT2D eigenvalue weighted by Gasteiger charge is 2.20. The van der Waals surface area contributed by atoms with E-state index in [2.05, 4.69) is 0 Å². The van der Waals surface area contributed by atoms with Crippen LogP contribution in [0.15, 0.2) is 36.4 Å². The Labute approximate surface area is 124 Å². The van der Waals surface area contributed by atoms with Crippen LogP contribution in [-0.4, -0.2) is 30.2 Å². The van der Waals surface area contributed by atoms with Crippen molar-refractivity contribution >= 4 is 23.0 Å². The van der Waals surface area contributed by atoms with Crippen LogP contribution in [0.2, 0.25) is 0 Å². The average molecular weight is 281 g/mol. The Morgan fingerprint density at radius 2 is 1.67 bits per heavy atom. The molecule has 2 aromatic carbocycles. The van der Waals surface area contributed by atoms with E-state index in [4.69, 9.17) is 0 Å². The number of nitrogens with zero attached hydrogens (tertiary/aromatic N) is 1. The largest absolute Gasteiger partial charge is 0.339 e. The van der Waals surface area contributed by atoms with Crippen molar-refractivity contribution in [2.75, 3.05) is 13.1 Å². The molecule has 0 atom stereocenters. The van der Waals surface area contributed by atoms with Crippen molar-refractivity contribution in [1.82, 2.24) is 4.90 Å². The van der Waals surface area contributed by atoms with Crippen molar-refractivity contribution in [2.45, 2.75) is 25.7 Å². The first-order valence-electron chi connectivity index (χ1n) is 7.57. The zero-order valence-corrected chi connectivity index (χ0v) is 12.0. The van der Waals surface area contributed by atoms with Gasteiger partial charge < -0.3 is 4.90 Å². The van der Waals surface area contributed by atoms with E-state index in [0.29, 0.717) is 11.1 Å². The number of hydrogen-bond acceptors (Lipinski definition) is 2. The van der Waals surface area contributed by atoms with Gasteiger partial charge >= 0.3 is 0 Å². The molecule has 108 valence electrons. The van der Waals surface area contributed by atoms with E-state index in [0.717, 1.165) is 43.0 Å². The van der Waals surface area contributed by atoms with Crippen LogP contribution in [0.5, 0.6) is 0 Å². The van der Waals surface area contributed by atoms with Crippen molar-refractivity contribution in [3.05, 3.63) is 47.5 Å². The Morgan fingerprint density at radius 1 is 0.952 bits per heavy atom. The minimum Gasteiger partial charge on any atom is -0.339 e. The predicted molar refractivity (Wildman–Crippen MR) is 83.7 cm³/mol. The topological polar surface area (TPSA) is 37.4 Å². The zero-order valence-electron chi connectivity index (χ0n) is 12.0. The minimum atomic E-state index is -0.00949. The summed E-state index contributed by atoms with van der Waals surface area (Å²) in [5.74, 6) is -0.00949. The monoisotopic (exact) mass is 281 g/mol. The molecule has 1 aliphatic rings. The normalized spacial score (nSPS) is 15.7. The van der Waals surface area contributed by atoms with Gasteiger partial charge in [0, 0.05) is 18.7 Å². The van der Waals surface area contributed by atoms with Gasteiger partial charge in [-0.2, -0.15) is 0 Å². The SMILES string of the molecule is O=Cc1c(C(=O)N2CCCCCC2)ccc2ccccc12. The third-order valence-corrected chi connectivity index (χ3v) is 4.21. The lowest BCUT2D eigenvalue weighted by atomic mass is 9.99. The number of hydrogen-bond donors (Lipinski definition) is 0. The molecule has 0 aromatic heterocycles. The van der Waals surface area contributed by atoms with E-state index in [1.807, 2.05) is 35.2 Å². The van der Waals surface area contributed by atoms with E-state index in [9.17, 15) is 9.59 Å². The van der Waals surface area contributed by atoms with Crippen LogP contribution in [0.1, 0.15) is 46.4 Å².